The molecule has 2 atom stereocenters. The Kier molecular flexibility index (Phi) is 6.39. The van der Waals surface area contributed by atoms with Crippen molar-refractivity contribution in [3.63, 3.8) is 0 Å². The number of hydrogen-bond donors (Lipinski definition) is 2. The van der Waals surface area contributed by atoms with Gasteiger partial charge < -0.3 is 15.8 Å². The fourth-order valence-corrected chi connectivity index (χ4v) is 1.81. The largest absolute Gasteiger partial charge is 0.466 e. The minimum atomic E-state index is -0.919. The molecule has 0 fully saturated rings. The fourth-order valence-electron chi connectivity index (χ4n) is 1.81. The van der Waals surface area contributed by atoms with E-state index in [-0.39, 0.29) is 13.0 Å². The number of benzene rings is 1. The molecule has 2 amide bonds. The van der Waals surface area contributed by atoms with Crippen LogP contribution in [0.15, 0.2) is 30.3 Å². The molecule has 6 heteroatoms. The number of nitrogens with one attached hydrogen (secondary N) is 1. The average molecular weight is 292 g/mol. The summed E-state index contributed by atoms with van der Waals surface area (Å²) in [5, 5.41) is 2.54. The van der Waals surface area contributed by atoms with Gasteiger partial charge in [-0.25, -0.2) is 0 Å². The van der Waals surface area contributed by atoms with Gasteiger partial charge in [-0.05, 0) is 25.5 Å². The van der Waals surface area contributed by atoms with E-state index in [2.05, 4.69) is 5.32 Å². The molecule has 0 spiro atoms. The number of carbonyl (C=O) groups excluding carboxylic acids is 3. The molecule has 0 heterocycles. The molecule has 0 saturated carbocycles. The van der Waals surface area contributed by atoms with E-state index in [0.717, 1.165) is 0 Å². The summed E-state index contributed by atoms with van der Waals surface area (Å²) in [6.45, 7) is 3.59. The highest BCUT2D eigenvalue weighted by Gasteiger charge is 2.25. The lowest BCUT2D eigenvalue weighted by Gasteiger charge is -2.18. The maximum absolute atomic E-state index is 12.0. The van der Waals surface area contributed by atoms with Crippen LogP contribution in [0, 0.1) is 5.92 Å². The molecule has 0 aliphatic heterocycles. The fraction of sp³-hybridized carbons (Fsp3) is 0.400. The van der Waals surface area contributed by atoms with Gasteiger partial charge in [-0.2, -0.15) is 0 Å². The lowest BCUT2D eigenvalue weighted by Crippen LogP contribution is -2.46. The molecule has 0 bridgehead atoms. The van der Waals surface area contributed by atoms with E-state index >= 15 is 0 Å². The average Bonchev–Trinajstić information content (AvgIpc) is 2.47. The summed E-state index contributed by atoms with van der Waals surface area (Å²) in [4.78, 5) is 35.0. The Labute approximate surface area is 123 Å². The molecule has 3 N–H and O–H groups in total. The van der Waals surface area contributed by atoms with Crippen molar-refractivity contribution < 1.29 is 19.1 Å². The lowest BCUT2D eigenvalue weighted by atomic mass is 10.0. The zero-order chi connectivity index (χ0) is 15.8. The SMILES string of the molecule is CCOC(=O)[C@@H](C)C[C@@H](NC(=O)c1ccccc1)C(N)=O. The second kappa shape index (κ2) is 8.04. The van der Waals surface area contributed by atoms with E-state index in [9.17, 15) is 14.4 Å². The Bertz CT molecular complexity index is 502. The number of carbonyl (C=O) groups is 3. The van der Waals surface area contributed by atoms with Crippen LogP contribution in [-0.2, 0) is 14.3 Å². The third kappa shape index (κ3) is 5.25. The third-order valence-electron chi connectivity index (χ3n) is 2.96. The topological polar surface area (TPSA) is 98.5 Å². The molecule has 6 nitrogen and oxygen atoms in total. The highest BCUT2D eigenvalue weighted by atomic mass is 16.5. The molecule has 1 rings (SSSR count). The van der Waals surface area contributed by atoms with Gasteiger partial charge in [-0.3, -0.25) is 14.4 Å². The van der Waals surface area contributed by atoms with Gasteiger partial charge in [0.2, 0.25) is 5.91 Å². The molecule has 0 saturated heterocycles. The number of rotatable bonds is 7. The molecule has 21 heavy (non-hydrogen) atoms. The second-order valence-corrected chi connectivity index (χ2v) is 4.68. The maximum Gasteiger partial charge on any atom is 0.308 e. The van der Waals surface area contributed by atoms with Crippen molar-refractivity contribution in [2.24, 2.45) is 11.7 Å². The van der Waals surface area contributed by atoms with Crippen LogP contribution >= 0.6 is 0 Å². The molecular formula is C15H20N2O4. The van der Waals surface area contributed by atoms with Crippen molar-refractivity contribution in [3.05, 3.63) is 35.9 Å². The predicted octanol–water partition coefficient (Wildman–Crippen LogP) is 0.860. The molecule has 1 aromatic rings. The van der Waals surface area contributed by atoms with Crippen molar-refractivity contribution >= 4 is 17.8 Å². The number of hydrogen-bond acceptors (Lipinski definition) is 4. The lowest BCUT2D eigenvalue weighted by molar-refractivity contribution is -0.147. The number of amides is 2. The molecule has 0 unspecified atom stereocenters. The quantitative estimate of drug-likeness (QED) is 0.728. The summed E-state index contributed by atoms with van der Waals surface area (Å²) < 4.78 is 4.87. The third-order valence-corrected chi connectivity index (χ3v) is 2.96. The monoisotopic (exact) mass is 292 g/mol. The number of esters is 1. The Hall–Kier alpha value is -2.37. The van der Waals surface area contributed by atoms with E-state index in [0.29, 0.717) is 5.56 Å². The number of primary amides is 1. The number of ether oxygens (including phenoxy) is 1. The van der Waals surface area contributed by atoms with Gasteiger partial charge in [0, 0.05) is 5.56 Å². The van der Waals surface area contributed by atoms with Crippen LogP contribution in [-0.4, -0.2) is 30.4 Å². The van der Waals surface area contributed by atoms with Gasteiger partial charge >= 0.3 is 5.97 Å². The summed E-state index contributed by atoms with van der Waals surface area (Å²) in [5.41, 5.74) is 5.70. The van der Waals surface area contributed by atoms with Crippen molar-refractivity contribution in [2.45, 2.75) is 26.3 Å². The van der Waals surface area contributed by atoms with Crippen LogP contribution < -0.4 is 11.1 Å². The second-order valence-electron chi connectivity index (χ2n) is 4.68. The van der Waals surface area contributed by atoms with Crippen molar-refractivity contribution in [1.82, 2.24) is 5.32 Å². The first-order chi connectivity index (χ1) is 9.95. The minimum absolute atomic E-state index is 0.104. The van der Waals surface area contributed by atoms with E-state index in [1.807, 2.05) is 0 Å². The summed E-state index contributed by atoms with van der Waals surface area (Å²) in [6.07, 6.45) is 0.104. The van der Waals surface area contributed by atoms with Crippen molar-refractivity contribution in [2.75, 3.05) is 6.61 Å². The molecule has 0 radical (unpaired) electrons. The summed E-state index contributed by atoms with van der Waals surface area (Å²) in [6, 6.07) is 7.55. The Morgan fingerprint density at radius 3 is 2.38 bits per heavy atom. The minimum Gasteiger partial charge on any atom is -0.466 e. The van der Waals surface area contributed by atoms with Crippen LogP contribution in [0.5, 0.6) is 0 Å². The summed E-state index contributed by atoms with van der Waals surface area (Å²) in [7, 11) is 0. The van der Waals surface area contributed by atoms with Crippen molar-refractivity contribution in [1.29, 1.82) is 0 Å². The molecule has 0 aliphatic rings. The Balaban J connectivity index is 2.68. The summed E-state index contributed by atoms with van der Waals surface area (Å²) >= 11 is 0. The first-order valence-electron chi connectivity index (χ1n) is 6.77. The van der Waals surface area contributed by atoms with Gasteiger partial charge in [0.1, 0.15) is 6.04 Å². The first-order valence-corrected chi connectivity index (χ1v) is 6.77. The zero-order valence-corrected chi connectivity index (χ0v) is 12.2. The molecular weight excluding hydrogens is 272 g/mol. The van der Waals surface area contributed by atoms with E-state index in [1.165, 1.54) is 0 Å². The zero-order valence-electron chi connectivity index (χ0n) is 12.2. The Morgan fingerprint density at radius 2 is 1.86 bits per heavy atom. The van der Waals surface area contributed by atoms with Crippen LogP contribution in [0.2, 0.25) is 0 Å². The van der Waals surface area contributed by atoms with E-state index in [4.69, 9.17) is 10.5 Å². The highest BCUT2D eigenvalue weighted by Crippen LogP contribution is 2.09. The van der Waals surface area contributed by atoms with Crippen LogP contribution in [0.25, 0.3) is 0 Å². The van der Waals surface area contributed by atoms with Gasteiger partial charge in [-0.15, -0.1) is 0 Å². The van der Waals surface area contributed by atoms with Gasteiger partial charge in [0.15, 0.2) is 0 Å². The summed E-state index contributed by atoms with van der Waals surface area (Å²) in [5.74, 6) is -2.04. The first kappa shape index (κ1) is 16.7. The highest BCUT2D eigenvalue weighted by molar-refractivity contribution is 5.97. The van der Waals surface area contributed by atoms with Crippen LogP contribution in [0.4, 0.5) is 0 Å². The molecule has 1 aromatic carbocycles. The molecule has 0 aliphatic carbocycles. The molecule has 114 valence electrons. The van der Waals surface area contributed by atoms with E-state index in [1.54, 1.807) is 44.2 Å². The van der Waals surface area contributed by atoms with Gasteiger partial charge in [-0.1, -0.05) is 25.1 Å². The Morgan fingerprint density at radius 1 is 1.24 bits per heavy atom. The van der Waals surface area contributed by atoms with E-state index < -0.39 is 29.7 Å². The van der Waals surface area contributed by atoms with Gasteiger partial charge in [0.25, 0.3) is 5.91 Å². The van der Waals surface area contributed by atoms with Gasteiger partial charge in [0.05, 0.1) is 12.5 Å². The van der Waals surface area contributed by atoms with Crippen molar-refractivity contribution in [3.8, 4) is 0 Å². The molecule has 0 aromatic heterocycles. The standard InChI is InChI=1S/C15H20N2O4/c1-3-21-15(20)10(2)9-12(13(16)18)17-14(19)11-7-5-4-6-8-11/h4-8,10,12H,3,9H2,1-2H3,(H2,16,18)(H,17,19)/t10-,12+/m0/s1. The van der Waals surface area contributed by atoms with Crippen LogP contribution in [0.3, 0.4) is 0 Å². The number of nitrogens with two attached hydrogens (primary N) is 1. The maximum atomic E-state index is 12.0. The smallest absolute Gasteiger partial charge is 0.308 e. The normalized spacial score (nSPS) is 13.0. The predicted molar refractivity (Wildman–Crippen MR) is 77.3 cm³/mol. The van der Waals surface area contributed by atoms with Crippen LogP contribution in [0.1, 0.15) is 30.6 Å².